The number of likely N-dealkylation sites (tertiary alicyclic amines) is 1. The summed E-state index contributed by atoms with van der Waals surface area (Å²) in [6, 6.07) is 1.49. The molecular weight excluding hydrogens is 278 g/mol. The molecule has 0 unspecified atom stereocenters. The Morgan fingerprint density at radius 2 is 2.18 bits per heavy atom. The third kappa shape index (κ3) is 3.19. The molecule has 22 heavy (non-hydrogen) atoms. The summed E-state index contributed by atoms with van der Waals surface area (Å²) in [6.45, 7) is 10.7. The summed E-state index contributed by atoms with van der Waals surface area (Å²) < 4.78 is 7.23. The van der Waals surface area contributed by atoms with Gasteiger partial charge in [0.1, 0.15) is 12.4 Å². The summed E-state index contributed by atoms with van der Waals surface area (Å²) in [4.78, 5) is 7.26. The van der Waals surface area contributed by atoms with Gasteiger partial charge >= 0.3 is 0 Å². The first-order chi connectivity index (χ1) is 10.6. The van der Waals surface area contributed by atoms with E-state index in [9.17, 15) is 0 Å². The molecule has 0 bridgehead atoms. The molecule has 1 aromatic rings. The number of nitrogens with one attached hydrogen (secondary N) is 1. The lowest BCUT2D eigenvalue weighted by Crippen LogP contribution is -2.41. The van der Waals surface area contributed by atoms with Crippen molar-refractivity contribution in [2.45, 2.75) is 64.9 Å². The van der Waals surface area contributed by atoms with E-state index in [1.807, 2.05) is 0 Å². The lowest BCUT2D eigenvalue weighted by Gasteiger charge is -2.28. The van der Waals surface area contributed by atoms with Crippen LogP contribution in [0, 0.1) is 5.92 Å². The normalized spacial score (nSPS) is 29.2. The fourth-order valence-corrected chi connectivity index (χ4v) is 3.65. The molecule has 3 heterocycles. The molecular formula is C16H29N5O. The summed E-state index contributed by atoms with van der Waals surface area (Å²) in [5.41, 5.74) is 0. The van der Waals surface area contributed by atoms with Gasteiger partial charge in [-0.2, -0.15) is 5.10 Å². The molecule has 1 N–H and O–H groups in total. The van der Waals surface area contributed by atoms with E-state index < -0.39 is 0 Å². The molecule has 3 rings (SSSR count). The van der Waals surface area contributed by atoms with Crippen LogP contribution in [0.5, 0.6) is 0 Å². The predicted octanol–water partition coefficient (Wildman–Crippen LogP) is 1.58. The van der Waals surface area contributed by atoms with E-state index >= 15 is 0 Å². The number of aryl methyl sites for hydroxylation is 1. The van der Waals surface area contributed by atoms with Crippen LogP contribution in [0.3, 0.4) is 0 Å². The molecule has 124 valence electrons. The molecule has 2 aliphatic heterocycles. The van der Waals surface area contributed by atoms with Crippen LogP contribution >= 0.6 is 0 Å². The van der Waals surface area contributed by atoms with Crippen LogP contribution in [-0.2, 0) is 17.9 Å². The predicted molar refractivity (Wildman–Crippen MR) is 85.5 cm³/mol. The number of fused-ring (bicyclic) bond motifs is 1. The molecule has 0 radical (unpaired) electrons. The topological polar surface area (TPSA) is 55.2 Å². The van der Waals surface area contributed by atoms with E-state index in [0.29, 0.717) is 30.7 Å². The van der Waals surface area contributed by atoms with E-state index in [1.165, 1.54) is 6.54 Å². The lowest BCUT2D eigenvalue weighted by molar-refractivity contribution is 0.177. The van der Waals surface area contributed by atoms with Gasteiger partial charge in [-0.15, -0.1) is 0 Å². The lowest BCUT2D eigenvalue weighted by atomic mass is 10.0. The highest BCUT2D eigenvalue weighted by Gasteiger charge is 2.34. The van der Waals surface area contributed by atoms with E-state index in [4.69, 9.17) is 9.72 Å². The molecule has 1 saturated heterocycles. The van der Waals surface area contributed by atoms with Gasteiger partial charge in [0, 0.05) is 38.8 Å². The average molecular weight is 307 g/mol. The van der Waals surface area contributed by atoms with E-state index in [1.54, 1.807) is 7.11 Å². The zero-order chi connectivity index (χ0) is 15.7. The van der Waals surface area contributed by atoms with Crippen molar-refractivity contribution in [3.8, 4) is 0 Å². The van der Waals surface area contributed by atoms with Crippen LogP contribution < -0.4 is 5.32 Å². The van der Waals surface area contributed by atoms with E-state index in [0.717, 1.165) is 37.6 Å². The summed E-state index contributed by atoms with van der Waals surface area (Å²) >= 11 is 0. The molecule has 1 aromatic heterocycles. The maximum absolute atomic E-state index is 5.17. The number of nitrogens with zero attached hydrogens (tertiary/aromatic N) is 4. The van der Waals surface area contributed by atoms with Gasteiger partial charge in [-0.05, 0) is 32.6 Å². The molecule has 0 saturated carbocycles. The van der Waals surface area contributed by atoms with E-state index in [-0.39, 0.29) is 0 Å². The SMILES string of the molecule is COCc1nc2n(n1)CCC[C@@H]2N[C@@H]1CN(C(C)C)C[C@@H]1C. The molecule has 3 atom stereocenters. The van der Waals surface area contributed by atoms with Crippen molar-refractivity contribution in [2.24, 2.45) is 5.92 Å². The van der Waals surface area contributed by atoms with Gasteiger partial charge in [0.25, 0.3) is 0 Å². The molecule has 0 amide bonds. The average Bonchev–Trinajstić information content (AvgIpc) is 3.04. The quantitative estimate of drug-likeness (QED) is 0.895. The molecule has 0 aromatic carbocycles. The maximum atomic E-state index is 5.17. The number of hydrogen-bond acceptors (Lipinski definition) is 5. The summed E-state index contributed by atoms with van der Waals surface area (Å²) in [6.07, 6.45) is 2.31. The smallest absolute Gasteiger partial charge is 0.176 e. The van der Waals surface area contributed by atoms with Crippen LogP contribution in [0.15, 0.2) is 0 Å². The van der Waals surface area contributed by atoms with Gasteiger partial charge in [-0.1, -0.05) is 6.92 Å². The van der Waals surface area contributed by atoms with Crippen molar-refractivity contribution in [1.29, 1.82) is 0 Å². The Balaban J connectivity index is 1.69. The monoisotopic (exact) mass is 307 g/mol. The van der Waals surface area contributed by atoms with Gasteiger partial charge in [0.15, 0.2) is 5.82 Å². The van der Waals surface area contributed by atoms with Gasteiger partial charge in [0.05, 0.1) is 6.04 Å². The molecule has 0 spiro atoms. The largest absolute Gasteiger partial charge is 0.377 e. The highest BCUT2D eigenvalue weighted by atomic mass is 16.5. The minimum atomic E-state index is 0.325. The third-order valence-corrected chi connectivity index (χ3v) is 4.98. The summed E-state index contributed by atoms with van der Waals surface area (Å²) in [7, 11) is 1.69. The number of rotatable bonds is 5. The number of aromatic nitrogens is 3. The highest BCUT2D eigenvalue weighted by molar-refractivity contribution is 5.04. The van der Waals surface area contributed by atoms with Crippen molar-refractivity contribution in [2.75, 3.05) is 20.2 Å². The van der Waals surface area contributed by atoms with Gasteiger partial charge in [-0.3, -0.25) is 4.90 Å². The second-order valence-electron chi connectivity index (χ2n) is 7.04. The molecule has 6 heteroatoms. The first-order valence-corrected chi connectivity index (χ1v) is 8.51. The van der Waals surface area contributed by atoms with Crippen LogP contribution in [0.25, 0.3) is 0 Å². The maximum Gasteiger partial charge on any atom is 0.176 e. The van der Waals surface area contributed by atoms with Crippen molar-refractivity contribution >= 4 is 0 Å². The van der Waals surface area contributed by atoms with Crippen molar-refractivity contribution in [3.63, 3.8) is 0 Å². The Hall–Kier alpha value is -0.980. The Kier molecular flexibility index (Phi) is 4.80. The zero-order valence-electron chi connectivity index (χ0n) is 14.2. The minimum Gasteiger partial charge on any atom is -0.377 e. The van der Waals surface area contributed by atoms with Gasteiger partial charge in [-0.25, -0.2) is 9.67 Å². The van der Waals surface area contributed by atoms with Gasteiger partial charge in [0.2, 0.25) is 0 Å². The number of methoxy groups -OCH3 is 1. The van der Waals surface area contributed by atoms with Crippen molar-refractivity contribution in [1.82, 2.24) is 25.0 Å². The zero-order valence-corrected chi connectivity index (χ0v) is 14.2. The van der Waals surface area contributed by atoms with Gasteiger partial charge < -0.3 is 10.1 Å². The Morgan fingerprint density at radius 3 is 2.86 bits per heavy atom. The second kappa shape index (κ2) is 6.64. The third-order valence-electron chi connectivity index (χ3n) is 4.98. The molecule has 2 aliphatic rings. The summed E-state index contributed by atoms with van der Waals surface area (Å²) in [5, 5.41) is 8.42. The van der Waals surface area contributed by atoms with Crippen molar-refractivity contribution in [3.05, 3.63) is 11.6 Å². The molecule has 1 fully saturated rings. The Labute approximate surface area is 133 Å². The fourth-order valence-electron chi connectivity index (χ4n) is 3.65. The fraction of sp³-hybridized carbons (Fsp3) is 0.875. The Morgan fingerprint density at radius 1 is 1.36 bits per heavy atom. The standard InChI is InChI=1S/C16H29N5O/c1-11(2)20-8-12(3)14(9-20)17-13-6-5-7-21-16(13)18-15(19-21)10-22-4/h11-14,17H,5-10H2,1-4H3/t12-,13-,14+/m0/s1. The number of hydrogen-bond donors (Lipinski definition) is 1. The minimum absolute atomic E-state index is 0.325. The summed E-state index contributed by atoms with van der Waals surface area (Å²) in [5.74, 6) is 2.57. The first-order valence-electron chi connectivity index (χ1n) is 8.51. The highest BCUT2D eigenvalue weighted by Crippen LogP contribution is 2.27. The Bertz CT molecular complexity index is 501. The van der Waals surface area contributed by atoms with Crippen LogP contribution in [-0.4, -0.2) is 51.9 Å². The first kappa shape index (κ1) is 15.9. The number of ether oxygens (including phenoxy) is 1. The van der Waals surface area contributed by atoms with Crippen LogP contribution in [0.1, 0.15) is 51.3 Å². The second-order valence-corrected chi connectivity index (χ2v) is 7.04. The van der Waals surface area contributed by atoms with E-state index in [2.05, 4.69) is 40.8 Å². The molecule has 6 nitrogen and oxygen atoms in total. The van der Waals surface area contributed by atoms with Crippen LogP contribution in [0.4, 0.5) is 0 Å². The molecule has 0 aliphatic carbocycles. The van der Waals surface area contributed by atoms with Crippen LogP contribution in [0.2, 0.25) is 0 Å². The van der Waals surface area contributed by atoms with Crippen molar-refractivity contribution < 1.29 is 4.74 Å².